The van der Waals surface area contributed by atoms with Crippen molar-refractivity contribution in [1.29, 1.82) is 0 Å². The molecule has 0 bridgehead atoms. The highest BCUT2D eigenvalue weighted by molar-refractivity contribution is 6.09. The Morgan fingerprint density at radius 1 is 0.630 bits per heavy atom. The number of rotatable bonds is 14. The molecule has 2 aromatic carbocycles. The fraction of sp³-hybridized carbons (Fsp3) is 0.480. The second-order valence-corrected chi connectivity index (χ2v) is 7.36. The van der Waals surface area contributed by atoms with Gasteiger partial charge < -0.3 is 5.11 Å². The SMILES string of the molecule is O=C(c1ccccc1)c1ccccc1CCCCCCCCCCCCO. The van der Waals surface area contributed by atoms with Crippen LogP contribution in [0.15, 0.2) is 54.6 Å². The second-order valence-electron chi connectivity index (χ2n) is 7.36. The Morgan fingerprint density at radius 2 is 1.15 bits per heavy atom. The number of aliphatic hydroxyl groups excluding tert-OH is 1. The molecule has 0 spiro atoms. The molecule has 0 saturated carbocycles. The fourth-order valence-corrected chi connectivity index (χ4v) is 3.55. The van der Waals surface area contributed by atoms with Gasteiger partial charge in [-0.1, -0.05) is 106 Å². The normalized spacial score (nSPS) is 10.9. The Bertz CT molecular complexity index is 648. The van der Waals surface area contributed by atoms with Crippen molar-refractivity contribution in [3.8, 4) is 0 Å². The molecule has 0 aromatic heterocycles. The van der Waals surface area contributed by atoms with Crippen LogP contribution in [-0.2, 0) is 6.42 Å². The lowest BCUT2D eigenvalue weighted by molar-refractivity contribution is 0.103. The van der Waals surface area contributed by atoms with Gasteiger partial charge in [0, 0.05) is 17.7 Å². The van der Waals surface area contributed by atoms with Gasteiger partial charge in [-0.3, -0.25) is 4.79 Å². The average molecular weight is 367 g/mol. The van der Waals surface area contributed by atoms with Crippen molar-refractivity contribution in [3.05, 3.63) is 71.3 Å². The molecule has 27 heavy (non-hydrogen) atoms. The van der Waals surface area contributed by atoms with Gasteiger partial charge in [-0.2, -0.15) is 0 Å². The number of carbonyl (C=O) groups excluding carboxylic acids is 1. The minimum absolute atomic E-state index is 0.132. The van der Waals surface area contributed by atoms with E-state index in [1.165, 1.54) is 50.5 Å². The van der Waals surface area contributed by atoms with Gasteiger partial charge in [0.15, 0.2) is 5.78 Å². The lowest BCUT2D eigenvalue weighted by Crippen LogP contribution is -2.05. The van der Waals surface area contributed by atoms with Gasteiger partial charge >= 0.3 is 0 Å². The summed E-state index contributed by atoms with van der Waals surface area (Å²) in [7, 11) is 0. The molecule has 2 nitrogen and oxygen atoms in total. The molecule has 2 aromatic rings. The van der Waals surface area contributed by atoms with E-state index >= 15 is 0 Å². The van der Waals surface area contributed by atoms with Gasteiger partial charge in [0.1, 0.15) is 0 Å². The van der Waals surface area contributed by atoms with E-state index in [1.54, 1.807) is 0 Å². The van der Waals surface area contributed by atoms with Gasteiger partial charge in [0.2, 0.25) is 0 Å². The third-order valence-corrected chi connectivity index (χ3v) is 5.15. The van der Waals surface area contributed by atoms with Crippen LogP contribution in [-0.4, -0.2) is 17.5 Å². The molecule has 0 aliphatic rings. The molecule has 0 atom stereocenters. The maximum Gasteiger partial charge on any atom is 0.193 e. The average Bonchev–Trinajstić information content (AvgIpc) is 2.72. The number of unbranched alkanes of at least 4 members (excludes halogenated alkanes) is 9. The van der Waals surface area contributed by atoms with E-state index in [-0.39, 0.29) is 5.78 Å². The van der Waals surface area contributed by atoms with Crippen LogP contribution in [0.1, 0.15) is 85.7 Å². The van der Waals surface area contributed by atoms with Crippen LogP contribution >= 0.6 is 0 Å². The standard InChI is InChI=1S/C25H34O2/c26-21-15-8-6-4-2-1-3-5-7-10-16-22-17-13-14-20-24(22)25(27)23-18-11-9-12-19-23/h9,11-14,17-20,26H,1-8,10,15-16,21H2. The van der Waals surface area contributed by atoms with Gasteiger partial charge in [-0.25, -0.2) is 0 Å². The number of benzene rings is 2. The Balaban J connectivity index is 1.66. The number of carbonyl (C=O) groups is 1. The molecule has 2 heteroatoms. The van der Waals surface area contributed by atoms with Crippen LogP contribution in [0.2, 0.25) is 0 Å². The summed E-state index contributed by atoms with van der Waals surface area (Å²) in [6, 6.07) is 17.6. The third kappa shape index (κ3) is 8.09. The largest absolute Gasteiger partial charge is 0.396 e. The lowest BCUT2D eigenvalue weighted by atomic mass is 9.95. The number of aliphatic hydroxyl groups is 1. The molecule has 0 aliphatic heterocycles. The summed E-state index contributed by atoms with van der Waals surface area (Å²) in [5.41, 5.74) is 2.80. The molecule has 0 radical (unpaired) electrons. The highest BCUT2D eigenvalue weighted by Gasteiger charge is 2.12. The maximum absolute atomic E-state index is 12.8. The first-order chi connectivity index (χ1) is 13.3. The number of hydrogen-bond donors (Lipinski definition) is 1. The van der Waals surface area contributed by atoms with E-state index in [0.717, 1.165) is 36.8 Å². The Hall–Kier alpha value is -1.93. The summed E-state index contributed by atoms with van der Waals surface area (Å²) in [6.45, 7) is 0.333. The van der Waals surface area contributed by atoms with Crippen molar-refractivity contribution in [2.75, 3.05) is 6.61 Å². The summed E-state index contributed by atoms with van der Waals surface area (Å²) in [5.74, 6) is 0.132. The van der Waals surface area contributed by atoms with Gasteiger partial charge in [0.05, 0.1) is 0 Å². The number of ketones is 1. The van der Waals surface area contributed by atoms with Crippen LogP contribution in [0.3, 0.4) is 0 Å². The smallest absolute Gasteiger partial charge is 0.193 e. The summed E-state index contributed by atoms with van der Waals surface area (Å²) in [4.78, 5) is 12.8. The molecule has 0 heterocycles. The van der Waals surface area contributed by atoms with Crippen molar-refractivity contribution < 1.29 is 9.90 Å². The predicted molar refractivity (Wildman–Crippen MR) is 113 cm³/mol. The van der Waals surface area contributed by atoms with Crippen molar-refractivity contribution in [2.45, 2.75) is 70.6 Å². The quantitative estimate of drug-likeness (QED) is 0.312. The molecule has 0 fully saturated rings. The van der Waals surface area contributed by atoms with Gasteiger partial charge in [0.25, 0.3) is 0 Å². The van der Waals surface area contributed by atoms with Crippen LogP contribution in [0.25, 0.3) is 0 Å². The molecule has 2 rings (SSSR count). The zero-order valence-electron chi connectivity index (χ0n) is 16.5. The molecular formula is C25H34O2. The first-order valence-electron chi connectivity index (χ1n) is 10.6. The zero-order valence-corrected chi connectivity index (χ0v) is 16.5. The first kappa shape index (κ1) is 21.4. The van der Waals surface area contributed by atoms with Crippen molar-refractivity contribution in [1.82, 2.24) is 0 Å². The molecule has 0 saturated heterocycles. The fourth-order valence-electron chi connectivity index (χ4n) is 3.55. The molecule has 0 amide bonds. The monoisotopic (exact) mass is 366 g/mol. The van der Waals surface area contributed by atoms with Crippen LogP contribution in [0, 0.1) is 0 Å². The molecule has 1 N–H and O–H groups in total. The van der Waals surface area contributed by atoms with Crippen LogP contribution in [0.5, 0.6) is 0 Å². The van der Waals surface area contributed by atoms with E-state index in [9.17, 15) is 4.79 Å². The molecule has 0 unspecified atom stereocenters. The van der Waals surface area contributed by atoms with E-state index in [0.29, 0.717) is 6.61 Å². The summed E-state index contributed by atoms with van der Waals surface area (Å²) in [6.07, 6.45) is 13.3. The summed E-state index contributed by atoms with van der Waals surface area (Å²) in [5, 5.41) is 8.76. The van der Waals surface area contributed by atoms with Gasteiger partial charge in [-0.15, -0.1) is 0 Å². The molecule has 146 valence electrons. The number of hydrogen-bond acceptors (Lipinski definition) is 2. The van der Waals surface area contributed by atoms with E-state index in [2.05, 4.69) is 6.07 Å². The lowest BCUT2D eigenvalue weighted by Gasteiger charge is -2.09. The van der Waals surface area contributed by atoms with E-state index < -0.39 is 0 Å². The van der Waals surface area contributed by atoms with E-state index in [1.807, 2.05) is 48.5 Å². The Morgan fingerprint density at radius 3 is 1.78 bits per heavy atom. The first-order valence-corrected chi connectivity index (χ1v) is 10.6. The summed E-state index contributed by atoms with van der Waals surface area (Å²) < 4.78 is 0. The Labute approximate surface area is 164 Å². The van der Waals surface area contributed by atoms with Crippen LogP contribution in [0.4, 0.5) is 0 Å². The van der Waals surface area contributed by atoms with Crippen LogP contribution < -0.4 is 0 Å². The zero-order chi connectivity index (χ0) is 19.2. The van der Waals surface area contributed by atoms with Gasteiger partial charge in [-0.05, 0) is 24.8 Å². The number of aryl methyl sites for hydroxylation is 1. The molecule has 0 aliphatic carbocycles. The third-order valence-electron chi connectivity index (χ3n) is 5.15. The Kier molecular flexibility index (Phi) is 10.5. The highest BCUT2D eigenvalue weighted by atomic mass is 16.2. The van der Waals surface area contributed by atoms with Crippen molar-refractivity contribution >= 4 is 5.78 Å². The minimum atomic E-state index is 0.132. The minimum Gasteiger partial charge on any atom is -0.396 e. The predicted octanol–water partition coefficient (Wildman–Crippen LogP) is 6.35. The summed E-state index contributed by atoms with van der Waals surface area (Å²) >= 11 is 0. The second kappa shape index (κ2) is 13.3. The topological polar surface area (TPSA) is 37.3 Å². The van der Waals surface area contributed by atoms with E-state index in [4.69, 9.17) is 5.11 Å². The van der Waals surface area contributed by atoms with Crippen molar-refractivity contribution in [2.24, 2.45) is 0 Å². The van der Waals surface area contributed by atoms with Crippen molar-refractivity contribution in [3.63, 3.8) is 0 Å². The molecular weight excluding hydrogens is 332 g/mol. The highest BCUT2D eigenvalue weighted by Crippen LogP contribution is 2.18. The maximum atomic E-state index is 12.8.